The number of hydrogen-bond donors (Lipinski definition) is 1. The van der Waals surface area contributed by atoms with E-state index in [9.17, 15) is 9.18 Å². The Morgan fingerprint density at radius 3 is 2.31 bits per heavy atom. The molecule has 1 unspecified atom stereocenters. The molecule has 0 saturated heterocycles. The second kappa shape index (κ2) is 9.39. The minimum absolute atomic E-state index is 0.113. The molecule has 160 valence electrons. The average Bonchev–Trinajstić information content (AvgIpc) is 2.81. The van der Waals surface area contributed by atoms with Crippen molar-refractivity contribution in [2.75, 3.05) is 0 Å². The molecule has 6 heteroatoms. The summed E-state index contributed by atoms with van der Waals surface area (Å²) < 4.78 is 18.5. The van der Waals surface area contributed by atoms with Crippen molar-refractivity contribution < 1.29 is 13.9 Å². The summed E-state index contributed by atoms with van der Waals surface area (Å²) in [5.74, 6) is -0.0524. The molecule has 0 aliphatic heterocycles. The van der Waals surface area contributed by atoms with E-state index in [1.54, 1.807) is 24.5 Å². The molecule has 0 bridgehead atoms. The first kappa shape index (κ1) is 21.2. The summed E-state index contributed by atoms with van der Waals surface area (Å²) in [6, 6.07) is 21.0. The van der Waals surface area contributed by atoms with Crippen LogP contribution in [0.1, 0.15) is 34.5 Å². The molecule has 1 heterocycles. The molecule has 32 heavy (non-hydrogen) atoms. The van der Waals surface area contributed by atoms with Gasteiger partial charge in [0.1, 0.15) is 11.6 Å². The van der Waals surface area contributed by atoms with Gasteiger partial charge in [-0.25, -0.2) is 14.4 Å². The number of hydrogen-bond acceptors (Lipinski definition) is 4. The van der Waals surface area contributed by atoms with E-state index in [2.05, 4.69) is 15.3 Å². The Morgan fingerprint density at radius 2 is 1.62 bits per heavy atom. The maximum atomic E-state index is 13.0. The van der Waals surface area contributed by atoms with Crippen LogP contribution >= 0.6 is 0 Å². The van der Waals surface area contributed by atoms with Crippen LogP contribution < -0.4 is 10.1 Å². The Balaban J connectivity index is 1.45. The zero-order valence-electron chi connectivity index (χ0n) is 17.7. The monoisotopic (exact) mass is 427 g/mol. The second-order valence-corrected chi connectivity index (χ2v) is 7.50. The predicted octanol–water partition coefficient (Wildman–Crippen LogP) is 5.87. The summed E-state index contributed by atoms with van der Waals surface area (Å²) in [7, 11) is 0. The van der Waals surface area contributed by atoms with Crippen molar-refractivity contribution >= 4 is 5.91 Å². The van der Waals surface area contributed by atoms with Crippen LogP contribution in [0.25, 0.3) is 11.1 Å². The first-order valence-electron chi connectivity index (χ1n) is 10.2. The third kappa shape index (κ3) is 5.16. The minimum atomic E-state index is -0.342. The van der Waals surface area contributed by atoms with E-state index >= 15 is 0 Å². The average molecular weight is 427 g/mol. The molecular formula is C26H22FN3O2. The smallest absolute Gasteiger partial charge is 0.321 e. The number of aryl methyl sites for hydroxylation is 1. The van der Waals surface area contributed by atoms with E-state index in [-0.39, 0.29) is 23.8 Å². The van der Waals surface area contributed by atoms with Crippen molar-refractivity contribution in [3.63, 3.8) is 0 Å². The van der Waals surface area contributed by atoms with Crippen LogP contribution in [0.3, 0.4) is 0 Å². The fourth-order valence-electron chi connectivity index (χ4n) is 3.18. The number of benzene rings is 3. The van der Waals surface area contributed by atoms with Gasteiger partial charge in [0, 0.05) is 23.5 Å². The van der Waals surface area contributed by atoms with Gasteiger partial charge in [0.25, 0.3) is 5.91 Å². The van der Waals surface area contributed by atoms with Gasteiger partial charge in [-0.3, -0.25) is 4.79 Å². The fourth-order valence-corrected chi connectivity index (χ4v) is 3.18. The molecule has 5 nitrogen and oxygen atoms in total. The number of rotatable bonds is 6. The van der Waals surface area contributed by atoms with Gasteiger partial charge in [0.15, 0.2) is 0 Å². The first-order valence-corrected chi connectivity index (χ1v) is 10.2. The van der Waals surface area contributed by atoms with Crippen LogP contribution in [0, 0.1) is 12.7 Å². The number of aromatic nitrogens is 2. The van der Waals surface area contributed by atoms with Crippen LogP contribution in [-0.4, -0.2) is 15.9 Å². The standard InChI is InChI=1S/C26H22FN3O2/c1-17-6-8-19(9-7-17)18(2)30-25(31)21-5-3-4-20(14-21)22-15-28-26(29-16-22)32-24-12-10-23(27)11-13-24/h3-16,18H,1-2H3,(H,30,31). The Hall–Kier alpha value is -4.06. The van der Waals surface area contributed by atoms with Gasteiger partial charge in [-0.1, -0.05) is 42.0 Å². The molecule has 0 radical (unpaired) electrons. The Bertz CT molecular complexity index is 1210. The lowest BCUT2D eigenvalue weighted by molar-refractivity contribution is 0.0940. The summed E-state index contributed by atoms with van der Waals surface area (Å²) in [6.45, 7) is 3.99. The largest absolute Gasteiger partial charge is 0.424 e. The van der Waals surface area contributed by atoms with Crippen molar-refractivity contribution in [2.45, 2.75) is 19.9 Å². The Morgan fingerprint density at radius 1 is 0.938 bits per heavy atom. The quantitative estimate of drug-likeness (QED) is 0.418. The topological polar surface area (TPSA) is 64.1 Å². The van der Waals surface area contributed by atoms with Crippen molar-refractivity contribution in [1.82, 2.24) is 15.3 Å². The van der Waals surface area contributed by atoms with E-state index in [4.69, 9.17) is 4.74 Å². The van der Waals surface area contributed by atoms with Crippen LogP contribution in [0.5, 0.6) is 11.8 Å². The number of nitrogens with one attached hydrogen (secondary N) is 1. The Kier molecular flexibility index (Phi) is 6.22. The van der Waals surface area contributed by atoms with Gasteiger partial charge in [-0.05, 0) is 61.4 Å². The van der Waals surface area contributed by atoms with E-state index < -0.39 is 0 Å². The molecule has 0 saturated carbocycles. The second-order valence-electron chi connectivity index (χ2n) is 7.50. The van der Waals surface area contributed by atoms with Crippen molar-refractivity contribution in [3.05, 3.63) is 108 Å². The molecule has 4 aromatic rings. The maximum Gasteiger partial charge on any atom is 0.321 e. The number of nitrogens with zero attached hydrogens (tertiary/aromatic N) is 2. The van der Waals surface area contributed by atoms with Crippen LogP contribution in [0.2, 0.25) is 0 Å². The van der Waals surface area contributed by atoms with E-state index in [0.717, 1.165) is 16.7 Å². The van der Waals surface area contributed by atoms with E-state index in [1.165, 1.54) is 29.8 Å². The lowest BCUT2D eigenvalue weighted by Gasteiger charge is -2.15. The molecule has 0 aliphatic rings. The lowest BCUT2D eigenvalue weighted by atomic mass is 10.0. The molecule has 1 amide bonds. The molecule has 0 aliphatic carbocycles. The molecule has 1 N–H and O–H groups in total. The molecule has 3 aromatic carbocycles. The summed E-state index contributed by atoms with van der Waals surface area (Å²) in [5, 5.41) is 3.03. The fraction of sp³-hybridized carbons (Fsp3) is 0.115. The SMILES string of the molecule is Cc1ccc(C(C)NC(=O)c2cccc(-c3cnc(Oc4ccc(F)cc4)nc3)c2)cc1. The highest BCUT2D eigenvalue weighted by molar-refractivity contribution is 5.95. The van der Waals surface area contributed by atoms with Gasteiger partial charge in [-0.2, -0.15) is 0 Å². The highest BCUT2D eigenvalue weighted by atomic mass is 19.1. The molecular weight excluding hydrogens is 405 g/mol. The number of carbonyl (C=O) groups excluding carboxylic acids is 1. The predicted molar refractivity (Wildman–Crippen MR) is 121 cm³/mol. The summed E-state index contributed by atoms with van der Waals surface area (Å²) in [6.07, 6.45) is 3.25. The van der Waals surface area contributed by atoms with Crippen LogP contribution in [0.15, 0.2) is 85.2 Å². The number of ether oxygens (including phenoxy) is 1. The van der Waals surface area contributed by atoms with Crippen molar-refractivity contribution in [1.29, 1.82) is 0 Å². The maximum absolute atomic E-state index is 13.0. The highest BCUT2D eigenvalue weighted by Gasteiger charge is 2.13. The molecule has 0 fully saturated rings. The lowest BCUT2D eigenvalue weighted by Crippen LogP contribution is -2.26. The van der Waals surface area contributed by atoms with Crippen LogP contribution in [-0.2, 0) is 0 Å². The van der Waals surface area contributed by atoms with E-state index in [1.807, 2.05) is 50.2 Å². The van der Waals surface area contributed by atoms with Gasteiger partial charge in [-0.15, -0.1) is 0 Å². The molecule has 4 rings (SSSR count). The summed E-state index contributed by atoms with van der Waals surface area (Å²) >= 11 is 0. The van der Waals surface area contributed by atoms with Gasteiger partial charge in [0.2, 0.25) is 0 Å². The zero-order chi connectivity index (χ0) is 22.5. The number of carbonyl (C=O) groups is 1. The zero-order valence-corrected chi connectivity index (χ0v) is 17.7. The van der Waals surface area contributed by atoms with E-state index in [0.29, 0.717) is 11.3 Å². The van der Waals surface area contributed by atoms with Crippen molar-refractivity contribution in [3.8, 4) is 22.9 Å². The first-order chi connectivity index (χ1) is 15.5. The third-order valence-electron chi connectivity index (χ3n) is 5.03. The molecule has 1 atom stereocenters. The van der Waals surface area contributed by atoms with Gasteiger partial charge < -0.3 is 10.1 Å². The Labute approximate surface area is 185 Å². The molecule has 0 spiro atoms. The normalized spacial score (nSPS) is 11.6. The number of amides is 1. The summed E-state index contributed by atoms with van der Waals surface area (Å²) in [4.78, 5) is 21.2. The van der Waals surface area contributed by atoms with Gasteiger partial charge >= 0.3 is 6.01 Å². The van der Waals surface area contributed by atoms with Crippen molar-refractivity contribution in [2.24, 2.45) is 0 Å². The minimum Gasteiger partial charge on any atom is -0.424 e. The van der Waals surface area contributed by atoms with Crippen LogP contribution in [0.4, 0.5) is 4.39 Å². The third-order valence-corrected chi connectivity index (χ3v) is 5.03. The summed E-state index contributed by atoms with van der Waals surface area (Å²) in [5.41, 5.74) is 4.33. The van der Waals surface area contributed by atoms with Gasteiger partial charge in [0.05, 0.1) is 6.04 Å². The highest BCUT2D eigenvalue weighted by Crippen LogP contribution is 2.23. The number of halogens is 1. The molecule has 1 aromatic heterocycles.